The zero-order valence-electron chi connectivity index (χ0n) is 9.29. The highest BCUT2D eigenvalue weighted by atomic mass is 35.5. The van der Waals surface area contributed by atoms with Crippen LogP contribution in [0.4, 0.5) is 5.69 Å². The van der Waals surface area contributed by atoms with Gasteiger partial charge in [-0.05, 0) is 0 Å². The van der Waals surface area contributed by atoms with Crippen molar-refractivity contribution in [1.29, 1.82) is 0 Å². The Kier molecular flexibility index (Phi) is 3.02. The SMILES string of the molecule is COc1ncc(Cl)c(-n2cc(N)c(C(N)=O)n2)n1. The van der Waals surface area contributed by atoms with Crippen LogP contribution in [0, 0.1) is 0 Å². The Labute approximate surface area is 107 Å². The maximum Gasteiger partial charge on any atom is 0.318 e. The molecule has 18 heavy (non-hydrogen) atoms. The van der Waals surface area contributed by atoms with Crippen LogP contribution in [0.2, 0.25) is 5.02 Å². The molecule has 2 heterocycles. The number of aromatic nitrogens is 4. The van der Waals surface area contributed by atoms with Crippen molar-refractivity contribution in [2.24, 2.45) is 5.73 Å². The summed E-state index contributed by atoms with van der Waals surface area (Å²) >= 11 is 5.93. The minimum atomic E-state index is -0.733. The van der Waals surface area contributed by atoms with E-state index in [0.29, 0.717) is 0 Å². The molecule has 9 heteroatoms. The summed E-state index contributed by atoms with van der Waals surface area (Å²) in [6.07, 6.45) is 2.73. The lowest BCUT2D eigenvalue weighted by atomic mass is 10.4. The topological polar surface area (TPSA) is 122 Å². The van der Waals surface area contributed by atoms with Crippen LogP contribution in [-0.4, -0.2) is 32.8 Å². The van der Waals surface area contributed by atoms with Crippen LogP contribution >= 0.6 is 11.6 Å². The van der Waals surface area contributed by atoms with Crippen LogP contribution in [0.5, 0.6) is 6.01 Å². The molecule has 0 aromatic carbocycles. The summed E-state index contributed by atoms with van der Waals surface area (Å²) in [6.45, 7) is 0. The number of amides is 1. The smallest absolute Gasteiger partial charge is 0.318 e. The Morgan fingerprint density at radius 2 is 2.28 bits per heavy atom. The molecule has 2 aromatic heterocycles. The van der Waals surface area contributed by atoms with Gasteiger partial charge in [0.25, 0.3) is 5.91 Å². The quantitative estimate of drug-likeness (QED) is 0.808. The fourth-order valence-electron chi connectivity index (χ4n) is 1.29. The number of nitrogens with two attached hydrogens (primary N) is 2. The molecule has 0 radical (unpaired) electrons. The third kappa shape index (κ3) is 2.05. The second-order valence-corrected chi connectivity index (χ2v) is 3.68. The predicted molar refractivity (Wildman–Crippen MR) is 63.6 cm³/mol. The highest BCUT2D eigenvalue weighted by Gasteiger charge is 2.15. The van der Waals surface area contributed by atoms with E-state index in [0.717, 1.165) is 0 Å². The van der Waals surface area contributed by atoms with Crippen molar-refractivity contribution in [3.8, 4) is 11.8 Å². The van der Waals surface area contributed by atoms with Gasteiger partial charge in [0.2, 0.25) is 0 Å². The van der Waals surface area contributed by atoms with Crippen LogP contribution in [0.3, 0.4) is 0 Å². The number of carbonyl (C=O) groups excluding carboxylic acids is 1. The van der Waals surface area contributed by atoms with Crippen molar-refractivity contribution in [3.05, 3.63) is 23.1 Å². The molecule has 0 saturated carbocycles. The number of carbonyl (C=O) groups is 1. The van der Waals surface area contributed by atoms with E-state index in [1.807, 2.05) is 0 Å². The zero-order valence-corrected chi connectivity index (χ0v) is 10.0. The van der Waals surface area contributed by atoms with E-state index in [1.165, 1.54) is 24.2 Å². The Morgan fingerprint density at radius 1 is 1.56 bits per heavy atom. The summed E-state index contributed by atoms with van der Waals surface area (Å²) < 4.78 is 6.11. The first-order valence-electron chi connectivity index (χ1n) is 4.74. The van der Waals surface area contributed by atoms with E-state index in [-0.39, 0.29) is 28.2 Å². The van der Waals surface area contributed by atoms with Gasteiger partial charge in [-0.25, -0.2) is 9.67 Å². The van der Waals surface area contributed by atoms with Crippen LogP contribution in [0.25, 0.3) is 5.82 Å². The van der Waals surface area contributed by atoms with Gasteiger partial charge in [0.1, 0.15) is 5.02 Å². The first-order chi connectivity index (χ1) is 8.52. The highest BCUT2D eigenvalue weighted by Crippen LogP contribution is 2.20. The third-order valence-electron chi connectivity index (χ3n) is 2.08. The third-order valence-corrected chi connectivity index (χ3v) is 2.35. The van der Waals surface area contributed by atoms with Crippen LogP contribution in [0.15, 0.2) is 12.4 Å². The molecule has 1 amide bonds. The Bertz CT molecular complexity index is 611. The number of primary amides is 1. The Hall–Kier alpha value is -2.35. The molecule has 0 aliphatic carbocycles. The molecular formula is C9H9ClN6O2. The molecule has 0 fully saturated rings. The van der Waals surface area contributed by atoms with Crippen molar-refractivity contribution in [1.82, 2.24) is 19.7 Å². The van der Waals surface area contributed by atoms with Gasteiger partial charge in [0, 0.05) is 0 Å². The highest BCUT2D eigenvalue weighted by molar-refractivity contribution is 6.32. The standard InChI is InChI=1S/C9H9ClN6O2/c1-18-9-13-2-4(10)8(14-9)16-3-5(11)6(15-16)7(12)17/h2-3H,11H2,1H3,(H2,12,17). The molecule has 0 spiro atoms. The first-order valence-corrected chi connectivity index (χ1v) is 5.12. The molecule has 0 aliphatic heterocycles. The molecule has 0 saturated heterocycles. The Balaban J connectivity index is 2.54. The number of hydrogen-bond donors (Lipinski definition) is 2. The molecule has 94 valence electrons. The molecule has 2 aromatic rings. The average molecular weight is 269 g/mol. The van der Waals surface area contributed by atoms with E-state index in [1.54, 1.807) is 0 Å². The number of hydrogen-bond acceptors (Lipinski definition) is 6. The number of nitrogen functional groups attached to an aromatic ring is 1. The molecule has 2 rings (SSSR count). The van der Waals surface area contributed by atoms with Gasteiger partial charge in [-0.1, -0.05) is 11.6 Å². The number of methoxy groups -OCH3 is 1. The number of ether oxygens (including phenoxy) is 1. The monoisotopic (exact) mass is 268 g/mol. The fourth-order valence-corrected chi connectivity index (χ4v) is 1.47. The van der Waals surface area contributed by atoms with Crippen LogP contribution < -0.4 is 16.2 Å². The molecular weight excluding hydrogens is 260 g/mol. The number of halogens is 1. The summed E-state index contributed by atoms with van der Waals surface area (Å²) in [5.74, 6) is -0.494. The number of nitrogens with zero attached hydrogens (tertiary/aromatic N) is 4. The first kappa shape index (κ1) is 12.1. The summed E-state index contributed by atoms with van der Waals surface area (Å²) in [5, 5.41) is 4.13. The normalized spacial score (nSPS) is 10.3. The van der Waals surface area contributed by atoms with E-state index in [9.17, 15) is 4.79 Å². The maximum absolute atomic E-state index is 11.1. The maximum atomic E-state index is 11.1. The zero-order chi connectivity index (χ0) is 13.3. The van der Waals surface area contributed by atoms with Crippen molar-refractivity contribution in [3.63, 3.8) is 0 Å². The summed E-state index contributed by atoms with van der Waals surface area (Å²) in [5.41, 5.74) is 10.8. The minimum absolute atomic E-state index is 0.0522. The number of rotatable bonds is 3. The second kappa shape index (κ2) is 4.49. The lowest BCUT2D eigenvalue weighted by molar-refractivity contribution is 0.0996. The van der Waals surface area contributed by atoms with E-state index < -0.39 is 5.91 Å². The van der Waals surface area contributed by atoms with Gasteiger partial charge in [-0.15, -0.1) is 0 Å². The van der Waals surface area contributed by atoms with Gasteiger partial charge in [-0.2, -0.15) is 10.1 Å². The summed E-state index contributed by atoms with van der Waals surface area (Å²) in [6, 6.07) is 0.115. The molecule has 8 nitrogen and oxygen atoms in total. The average Bonchev–Trinajstić information content (AvgIpc) is 2.72. The van der Waals surface area contributed by atoms with Crippen LogP contribution in [-0.2, 0) is 0 Å². The summed E-state index contributed by atoms with van der Waals surface area (Å²) in [4.78, 5) is 18.9. The molecule has 0 unspecified atom stereocenters. The largest absolute Gasteiger partial charge is 0.467 e. The minimum Gasteiger partial charge on any atom is -0.467 e. The van der Waals surface area contributed by atoms with Crippen LogP contribution in [0.1, 0.15) is 10.5 Å². The number of anilines is 1. The summed E-state index contributed by atoms with van der Waals surface area (Å²) in [7, 11) is 1.42. The molecule has 0 atom stereocenters. The van der Waals surface area contributed by atoms with Gasteiger partial charge in [-0.3, -0.25) is 4.79 Å². The van der Waals surface area contributed by atoms with Crippen molar-refractivity contribution >= 4 is 23.2 Å². The van der Waals surface area contributed by atoms with E-state index in [2.05, 4.69) is 15.1 Å². The molecule has 0 aliphatic rings. The predicted octanol–water partition coefficient (Wildman–Crippen LogP) is 0.00540. The Morgan fingerprint density at radius 3 is 2.83 bits per heavy atom. The van der Waals surface area contributed by atoms with Crippen molar-refractivity contribution in [2.45, 2.75) is 0 Å². The van der Waals surface area contributed by atoms with E-state index >= 15 is 0 Å². The lowest BCUT2D eigenvalue weighted by Gasteiger charge is -2.04. The second-order valence-electron chi connectivity index (χ2n) is 3.27. The van der Waals surface area contributed by atoms with Crippen molar-refractivity contribution in [2.75, 3.05) is 12.8 Å². The molecule has 0 bridgehead atoms. The van der Waals surface area contributed by atoms with Gasteiger partial charge < -0.3 is 16.2 Å². The lowest BCUT2D eigenvalue weighted by Crippen LogP contribution is -2.14. The van der Waals surface area contributed by atoms with E-state index in [4.69, 9.17) is 27.8 Å². The fraction of sp³-hybridized carbons (Fsp3) is 0.111. The van der Waals surface area contributed by atoms with Crippen molar-refractivity contribution < 1.29 is 9.53 Å². The van der Waals surface area contributed by atoms with Gasteiger partial charge >= 0.3 is 6.01 Å². The molecule has 4 N–H and O–H groups in total. The van der Waals surface area contributed by atoms with Gasteiger partial charge in [0.05, 0.1) is 25.2 Å². The van der Waals surface area contributed by atoms with Gasteiger partial charge in [0.15, 0.2) is 11.5 Å².